The first kappa shape index (κ1) is 19.0. The van der Waals surface area contributed by atoms with Crippen molar-refractivity contribution >= 4 is 38.6 Å². The van der Waals surface area contributed by atoms with Crippen LogP contribution in [0.2, 0.25) is 0 Å². The highest BCUT2D eigenvalue weighted by Gasteiger charge is 2.19. The number of rotatable bonds is 4. The van der Waals surface area contributed by atoms with Crippen LogP contribution in [-0.2, 0) is 0 Å². The fourth-order valence-electron chi connectivity index (χ4n) is 3.46. The summed E-state index contributed by atoms with van der Waals surface area (Å²) in [6.45, 7) is 1.98. The van der Waals surface area contributed by atoms with E-state index in [-0.39, 0.29) is 11.4 Å². The number of anilines is 1. The standard InChI is InChI=1S/C22H16N4O4/c1-14-12-21(19-9-5-4-8-18(19)17-7-3-2-6-16(14)17)24-23-20-11-10-15(25(27)28)13-22(20)26(29)30/h2-13,23H,1H3/b24-21+. The second-order valence-corrected chi connectivity index (χ2v) is 6.74. The van der Waals surface area contributed by atoms with Gasteiger partial charge in [0.2, 0.25) is 0 Å². The highest BCUT2D eigenvalue weighted by Crippen LogP contribution is 2.29. The smallest absolute Gasteiger partial charge is 0.271 e. The van der Waals surface area contributed by atoms with Crippen LogP contribution in [0.4, 0.5) is 17.1 Å². The van der Waals surface area contributed by atoms with Gasteiger partial charge in [-0.25, -0.2) is 0 Å². The van der Waals surface area contributed by atoms with Gasteiger partial charge in [-0.1, -0.05) is 48.5 Å². The zero-order chi connectivity index (χ0) is 21.3. The summed E-state index contributed by atoms with van der Waals surface area (Å²) in [6.07, 6.45) is 0. The van der Waals surface area contributed by atoms with Crippen molar-refractivity contribution in [3.63, 3.8) is 0 Å². The van der Waals surface area contributed by atoms with Crippen molar-refractivity contribution in [3.05, 3.63) is 104 Å². The van der Waals surface area contributed by atoms with Gasteiger partial charge in [0.25, 0.3) is 5.69 Å². The Morgan fingerprint density at radius 2 is 1.37 bits per heavy atom. The normalized spacial score (nSPS) is 11.6. The van der Waals surface area contributed by atoms with Gasteiger partial charge in [-0.2, -0.15) is 5.10 Å². The van der Waals surface area contributed by atoms with E-state index >= 15 is 0 Å². The molecule has 0 aromatic heterocycles. The maximum Gasteiger partial charge on any atom is 0.301 e. The molecular weight excluding hydrogens is 384 g/mol. The lowest BCUT2D eigenvalue weighted by Crippen LogP contribution is -2.06. The number of fused-ring (bicyclic) bond motifs is 3. The predicted molar refractivity (Wildman–Crippen MR) is 115 cm³/mol. The van der Waals surface area contributed by atoms with E-state index in [0.717, 1.165) is 33.2 Å². The van der Waals surface area contributed by atoms with Crippen LogP contribution in [0.1, 0.15) is 5.56 Å². The van der Waals surface area contributed by atoms with Crippen molar-refractivity contribution in [1.82, 2.24) is 0 Å². The highest BCUT2D eigenvalue weighted by molar-refractivity contribution is 6.06. The average molecular weight is 400 g/mol. The Morgan fingerprint density at radius 1 is 0.767 bits per heavy atom. The minimum atomic E-state index is -0.673. The molecule has 0 aliphatic carbocycles. The third-order valence-electron chi connectivity index (χ3n) is 4.88. The molecule has 0 saturated carbocycles. The van der Waals surface area contributed by atoms with Gasteiger partial charge < -0.3 is 0 Å². The quantitative estimate of drug-likeness (QED) is 0.381. The van der Waals surface area contributed by atoms with Crippen LogP contribution in [0.25, 0.3) is 21.5 Å². The maximum absolute atomic E-state index is 11.4. The summed E-state index contributed by atoms with van der Waals surface area (Å²) < 4.78 is 0. The number of nitrogens with one attached hydrogen (secondary N) is 1. The first-order valence-corrected chi connectivity index (χ1v) is 9.09. The van der Waals surface area contributed by atoms with Crippen LogP contribution in [0.3, 0.4) is 0 Å². The third-order valence-corrected chi connectivity index (χ3v) is 4.88. The molecule has 0 amide bonds. The fourth-order valence-corrected chi connectivity index (χ4v) is 3.46. The summed E-state index contributed by atoms with van der Waals surface area (Å²) in [5, 5.41) is 31.4. The van der Waals surface area contributed by atoms with Gasteiger partial charge in [-0.3, -0.25) is 25.7 Å². The highest BCUT2D eigenvalue weighted by atomic mass is 16.6. The van der Waals surface area contributed by atoms with Crippen molar-refractivity contribution in [3.8, 4) is 0 Å². The number of hydrogen-bond acceptors (Lipinski definition) is 6. The Balaban J connectivity index is 1.94. The number of nitro groups is 2. The average Bonchev–Trinajstić information content (AvgIpc) is 2.87. The Labute approximate surface area is 170 Å². The fraction of sp³-hybridized carbons (Fsp3) is 0.0455. The van der Waals surface area contributed by atoms with Crippen molar-refractivity contribution in [2.75, 3.05) is 5.43 Å². The summed E-state index contributed by atoms with van der Waals surface area (Å²) in [5.74, 6) is 0. The summed E-state index contributed by atoms with van der Waals surface area (Å²) in [4.78, 5) is 21.0. The monoisotopic (exact) mass is 400 g/mol. The van der Waals surface area contributed by atoms with Gasteiger partial charge >= 0.3 is 5.69 Å². The molecule has 4 aromatic rings. The van der Waals surface area contributed by atoms with Gasteiger partial charge in [0.1, 0.15) is 5.69 Å². The molecule has 4 rings (SSSR count). The Morgan fingerprint density at radius 3 is 2.00 bits per heavy atom. The Kier molecular flexibility index (Phi) is 4.81. The number of benzene rings is 3. The Hall–Kier alpha value is -4.33. The summed E-state index contributed by atoms with van der Waals surface area (Å²) in [6, 6.07) is 21.1. The van der Waals surface area contributed by atoms with Crippen LogP contribution in [0, 0.1) is 27.2 Å². The first-order valence-electron chi connectivity index (χ1n) is 9.09. The van der Waals surface area contributed by atoms with E-state index in [9.17, 15) is 20.2 Å². The van der Waals surface area contributed by atoms with E-state index < -0.39 is 15.5 Å². The molecule has 1 N–H and O–H groups in total. The number of nitrogens with zero attached hydrogens (tertiary/aromatic N) is 3. The van der Waals surface area contributed by atoms with E-state index in [4.69, 9.17) is 0 Å². The molecule has 0 bridgehead atoms. The van der Waals surface area contributed by atoms with E-state index in [1.165, 1.54) is 12.1 Å². The van der Waals surface area contributed by atoms with Gasteiger partial charge in [0, 0.05) is 11.5 Å². The van der Waals surface area contributed by atoms with Crippen molar-refractivity contribution in [2.24, 2.45) is 5.10 Å². The molecule has 0 fully saturated rings. The molecule has 0 spiro atoms. The molecule has 148 valence electrons. The van der Waals surface area contributed by atoms with Gasteiger partial charge in [-0.15, -0.1) is 0 Å². The summed E-state index contributed by atoms with van der Waals surface area (Å²) in [5.41, 5.74) is 3.03. The lowest BCUT2D eigenvalue weighted by atomic mass is 10.1. The molecule has 0 aliphatic rings. The van der Waals surface area contributed by atoms with Crippen molar-refractivity contribution < 1.29 is 9.85 Å². The largest absolute Gasteiger partial charge is 0.301 e. The summed E-state index contributed by atoms with van der Waals surface area (Å²) >= 11 is 0. The van der Waals surface area contributed by atoms with E-state index in [1.807, 2.05) is 61.5 Å². The molecule has 0 aliphatic heterocycles. The SMILES string of the molecule is Cc1c/c(=N\Nc2ccc([N+](=O)[O-])cc2[N+](=O)[O-])c2ccccc2c2ccccc12. The zero-order valence-electron chi connectivity index (χ0n) is 15.9. The zero-order valence-corrected chi connectivity index (χ0v) is 15.9. The van der Waals surface area contributed by atoms with Gasteiger partial charge in [-0.05, 0) is 40.8 Å². The molecule has 8 heteroatoms. The van der Waals surface area contributed by atoms with Crippen molar-refractivity contribution in [2.45, 2.75) is 6.92 Å². The second kappa shape index (κ2) is 7.59. The van der Waals surface area contributed by atoms with Crippen molar-refractivity contribution in [1.29, 1.82) is 0 Å². The molecule has 0 unspecified atom stereocenters. The van der Waals surface area contributed by atoms with Crippen LogP contribution in [-0.4, -0.2) is 9.85 Å². The van der Waals surface area contributed by atoms with Crippen LogP contribution in [0.5, 0.6) is 0 Å². The molecule has 0 saturated heterocycles. The number of non-ortho nitro benzene ring substituents is 1. The molecule has 8 nitrogen and oxygen atoms in total. The van der Waals surface area contributed by atoms with E-state index in [2.05, 4.69) is 10.5 Å². The lowest BCUT2D eigenvalue weighted by molar-refractivity contribution is -0.393. The van der Waals surface area contributed by atoms with Crippen LogP contribution >= 0.6 is 0 Å². The minimum absolute atomic E-state index is 0.0726. The molecule has 0 radical (unpaired) electrons. The molecule has 30 heavy (non-hydrogen) atoms. The molecule has 0 heterocycles. The van der Waals surface area contributed by atoms with Crippen LogP contribution in [0.15, 0.2) is 77.9 Å². The molecule has 4 aromatic carbocycles. The van der Waals surface area contributed by atoms with Crippen LogP contribution < -0.4 is 10.8 Å². The minimum Gasteiger partial charge on any atom is -0.271 e. The number of nitro benzene ring substituents is 2. The maximum atomic E-state index is 11.4. The summed E-state index contributed by atoms with van der Waals surface area (Å²) in [7, 11) is 0. The Bertz CT molecular complexity index is 1400. The third kappa shape index (κ3) is 3.42. The van der Waals surface area contributed by atoms with E-state index in [0.29, 0.717) is 5.36 Å². The lowest BCUT2D eigenvalue weighted by Gasteiger charge is -2.02. The molecule has 0 atom stereocenters. The topological polar surface area (TPSA) is 111 Å². The van der Waals surface area contributed by atoms with Gasteiger partial charge in [0.15, 0.2) is 0 Å². The molecular formula is C22H16N4O4. The van der Waals surface area contributed by atoms with E-state index in [1.54, 1.807) is 0 Å². The predicted octanol–water partition coefficient (Wildman–Crippen LogP) is 5.05. The number of hydrogen-bond donors (Lipinski definition) is 1. The number of aryl methyl sites for hydroxylation is 1. The second-order valence-electron chi connectivity index (χ2n) is 6.74. The first-order chi connectivity index (χ1) is 14.5. The van der Waals surface area contributed by atoms with Gasteiger partial charge in [0.05, 0.1) is 21.3 Å².